The van der Waals surface area contributed by atoms with E-state index >= 15 is 0 Å². The number of hydrogen-bond acceptors (Lipinski definition) is 2. The SMILES string of the molecule is CCCCC1(CCCC)c2cc(C)ccc2-c2ccc(C(=O)C(C)(C)N(C)C)cc21. The molecule has 0 aliphatic heterocycles. The molecular formula is C28H39NO. The summed E-state index contributed by atoms with van der Waals surface area (Å²) in [6.07, 6.45) is 7.10. The zero-order valence-corrected chi connectivity index (χ0v) is 20.1. The van der Waals surface area contributed by atoms with Crippen LogP contribution in [0.4, 0.5) is 0 Å². The summed E-state index contributed by atoms with van der Waals surface area (Å²) in [6.45, 7) is 10.8. The molecule has 1 aliphatic rings. The van der Waals surface area contributed by atoms with Gasteiger partial charge in [0, 0.05) is 11.0 Å². The highest BCUT2D eigenvalue weighted by molar-refractivity contribution is 6.03. The van der Waals surface area contributed by atoms with Crippen LogP contribution in [0.1, 0.15) is 93.3 Å². The number of carbonyl (C=O) groups is 1. The first-order valence-corrected chi connectivity index (χ1v) is 11.7. The van der Waals surface area contributed by atoms with Crippen molar-refractivity contribution in [3.05, 3.63) is 58.7 Å². The lowest BCUT2D eigenvalue weighted by Gasteiger charge is -2.34. The molecule has 0 radical (unpaired) electrons. The molecule has 1 aliphatic carbocycles. The van der Waals surface area contributed by atoms with Gasteiger partial charge in [-0.2, -0.15) is 0 Å². The highest BCUT2D eigenvalue weighted by Crippen LogP contribution is 2.54. The van der Waals surface area contributed by atoms with Crippen molar-refractivity contribution in [1.82, 2.24) is 4.90 Å². The van der Waals surface area contributed by atoms with Gasteiger partial charge in [-0.05, 0) is 76.0 Å². The summed E-state index contributed by atoms with van der Waals surface area (Å²) in [5.41, 5.74) is 7.23. The van der Waals surface area contributed by atoms with Crippen molar-refractivity contribution < 1.29 is 4.79 Å². The van der Waals surface area contributed by atoms with E-state index in [9.17, 15) is 4.79 Å². The fourth-order valence-corrected chi connectivity index (χ4v) is 4.93. The molecule has 162 valence electrons. The number of rotatable bonds is 9. The summed E-state index contributed by atoms with van der Waals surface area (Å²) in [6, 6.07) is 13.4. The van der Waals surface area contributed by atoms with Gasteiger partial charge in [0.2, 0.25) is 0 Å². The Kier molecular flexibility index (Phi) is 6.57. The second kappa shape index (κ2) is 8.67. The predicted molar refractivity (Wildman–Crippen MR) is 129 cm³/mol. The number of aryl methyl sites for hydroxylation is 1. The van der Waals surface area contributed by atoms with Crippen molar-refractivity contribution >= 4 is 5.78 Å². The molecule has 3 rings (SSSR count). The molecule has 2 nitrogen and oxygen atoms in total. The topological polar surface area (TPSA) is 20.3 Å². The van der Waals surface area contributed by atoms with E-state index < -0.39 is 5.54 Å². The number of likely N-dealkylation sites (N-methyl/N-ethyl adjacent to an activating group) is 1. The van der Waals surface area contributed by atoms with E-state index in [1.165, 1.54) is 53.5 Å². The Bertz CT molecular complexity index is 914. The zero-order chi connectivity index (χ0) is 22.1. The summed E-state index contributed by atoms with van der Waals surface area (Å²) in [4.78, 5) is 15.4. The van der Waals surface area contributed by atoms with Crippen molar-refractivity contribution in [2.75, 3.05) is 14.1 Å². The fraction of sp³-hybridized carbons (Fsp3) is 0.536. The third-order valence-corrected chi connectivity index (χ3v) is 7.37. The molecule has 0 atom stereocenters. The normalized spacial score (nSPS) is 14.7. The van der Waals surface area contributed by atoms with Crippen molar-refractivity contribution in [1.29, 1.82) is 0 Å². The standard InChI is InChI=1S/C28H39NO/c1-8-10-16-28(17-11-9-2)24-18-20(3)12-14-22(24)23-15-13-21(19-25(23)28)26(30)27(4,5)29(6)7/h12-15,18-19H,8-11,16-17H2,1-7H3. The van der Waals surface area contributed by atoms with Crippen molar-refractivity contribution in [2.24, 2.45) is 0 Å². The lowest BCUT2D eigenvalue weighted by Crippen LogP contribution is -2.45. The van der Waals surface area contributed by atoms with Crippen LogP contribution in [0, 0.1) is 6.92 Å². The minimum Gasteiger partial charge on any atom is -0.297 e. The lowest BCUT2D eigenvalue weighted by atomic mass is 9.70. The number of benzene rings is 2. The van der Waals surface area contributed by atoms with Crippen molar-refractivity contribution in [3.8, 4) is 11.1 Å². The highest BCUT2D eigenvalue weighted by Gasteiger charge is 2.43. The van der Waals surface area contributed by atoms with E-state index in [-0.39, 0.29) is 11.2 Å². The summed E-state index contributed by atoms with van der Waals surface area (Å²) >= 11 is 0. The Balaban J connectivity index is 2.21. The molecule has 0 N–H and O–H groups in total. The smallest absolute Gasteiger partial charge is 0.182 e. The molecule has 0 saturated carbocycles. The molecule has 0 aromatic heterocycles. The lowest BCUT2D eigenvalue weighted by molar-refractivity contribution is 0.0755. The number of unbranched alkanes of at least 4 members (excludes halogenated alkanes) is 2. The van der Waals surface area contributed by atoms with Gasteiger partial charge in [-0.3, -0.25) is 9.69 Å². The maximum atomic E-state index is 13.4. The Labute approximate surface area is 183 Å². The average molecular weight is 406 g/mol. The zero-order valence-electron chi connectivity index (χ0n) is 20.1. The van der Waals surface area contributed by atoms with Gasteiger partial charge in [0.15, 0.2) is 5.78 Å². The van der Waals surface area contributed by atoms with Crippen LogP contribution in [0.2, 0.25) is 0 Å². The van der Waals surface area contributed by atoms with E-state index in [1.807, 2.05) is 38.9 Å². The number of ketones is 1. The molecule has 0 fully saturated rings. The maximum absolute atomic E-state index is 13.4. The average Bonchev–Trinajstić information content (AvgIpc) is 2.98. The van der Waals surface area contributed by atoms with Gasteiger partial charge < -0.3 is 0 Å². The monoisotopic (exact) mass is 405 g/mol. The van der Waals surface area contributed by atoms with Gasteiger partial charge >= 0.3 is 0 Å². The van der Waals surface area contributed by atoms with Gasteiger partial charge in [0.05, 0.1) is 5.54 Å². The van der Waals surface area contributed by atoms with Gasteiger partial charge in [-0.1, -0.05) is 75.4 Å². The van der Waals surface area contributed by atoms with Crippen LogP contribution in [0.15, 0.2) is 36.4 Å². The number of nitrogens with zero attached hydrogens (tertiary/aromatic N) is 1. The van der Waals surface area contributed by atoms with Gasteiger partial charge in [-0.25, -0.2) is 0 Å². The molecule has 2 heteroatoms. The minimum atomic E-state index is -0.522. The van der Waals surface area contributed by atoms with Crippen LogP contribution < -0.4 is 0 Å². The molecule has 0 bridgehead atoms. The molecule has 0 amide bonds. The second-order valence-corrected chi connectivity index (χ2v) is 9.88. The largest absolute Gasteiger partial charge is 0.297 e. The minimum absolute atomic E-state index is 0.0290. The van der Waals surface area contributed by atoms with Gasteiger partial charge in [0.25, 0.3) is 0 Å². The van der Waals surface area contributed by atoms with Crippen LogP contribution in [0.3, 0.4) is 0 Å². The molecule has 30 heavy (non-hydrogen) atoms. The molecule has 0 heterocycles. The van der Waals surface area contributed by atoms with E-state index in [1.54, 1.807) is 0 Å². The van der Waals surface area contributed by atoms with Crippen LogP contribution in [-0.4, -0.2) is 30.3 Å². The number of Topliss-reactive ketones (excluding diaryl/α,β-unsaturated/α-hetero) is 1. The summed E-state index contributed by atoms with van der Waals surface area (Å²) in [5.74, 6) is 0.197. The summed E-state index contributed by atoms with van der Waals surface area (Å²) in [7, 11) is 3.97. The van der Waals surface area contributed by atoms with Crippen LogP contribution in [0.25, 0.3) is 11.1 Å². The third-order valence-electron chi connectivity index (χ3n) is 7.37. The van der Waals surface area contributed by atoms with E-state index in [0.29, 0.717) is 0 Å². The Hall–Kier alpha value is -1.93. The summed E-state index contributed by atoms with van der Waals surface area (Å²) < 4.78 is 0. The van der Waals surface area contributed by atoms with E-state index in [4.69, 9.17) is 0 Å². The number of fused-ring (bicyclic) bond motifs is 3. The van der Waals surface area contributed by atoms with E-state index in [2.05, 4.69) is 51.1 Å². The van der Waals surface area contributed by atoms with Gasteiger partial charge in [0.1, 0.15) is 0 Å². The fourth-order valence-electron chi connectivity index (χ4n) is 4.93. The predicted octanol–water partition coefficient (Wildman–Crippen LogP) is 7.16. The molecule has 0 unspecified atom stereocenters. The first kappa shape index (κ1) is 22.7. The Morgan fingerprint density at radius 2 is 1.43 bits per heavy atom. The van der Waals surface area contributed by atoms with Gasteiger partial charge in [-0.15, -0.1) is 0 Å². The molecule has 0 spiro atoms. The van der Waals surface area contributed by atoms with Crippen LogP contribution >= 0.6 is 0 Å². The highest BCUT2D eigenvalue weighted by atomic mass is 16.1. The van der Waals surface area contributed by atoms with Crippen molar-refractivity contribution in [2.45, 2.75) is 84.1 Å². The van der Waals surface area contributed by atoms with E-state index in [0.717, 1.165) is 18.4 Å². The number of carbonyl (C=O) groups excluding carboxylic acids is 1. The molecule has 2 aromatic rings. The molecule has 2 aromatic carbocycles. The first-order valence-electron chi connectivity index (χ1n) is 11.7. The quantitative estimate of drug-likeness (QED) is 0.412. The molecular weight excluding hydrogens is 366 g/mol. The van der Waals surface area contributed by atoms with Crippen molar-refractivity contribution in [3.63, 3.8) is 0 Å². The number of hydrogen-bond donors (Lipinski definition) is 0. The maximum Gasteiger partial charge on any atom is 0.182 e. The Morgan fingerprint density at radius 3 is 1.97 bits per heavy atom. The Morgan fingerprint density at radius 1 is 0.900 bits per heavy atom. The van der Waals surface area contributed by atoms with Crippen LogP contribution in [-0.2, 0) is 5.41 Å². The second-order valence-electron chi connectivity index (χ2n) is 9.88. The first-order chi connectivity index (χ1) is 14.2. The molecule has 0 saturated heterocycles. The third kappa shape index (κ3) is 3.75. The summed E-state index contributed by atoms with van der Waals surface area (Å²) in [5, 5.41) is 0. The van der Waals surface area contributed by atoms with Crippen LogP contribution in [0.5, 0.6) is 0 Å².